The number of benzene rings is 1. The van der Waals surface area contributed by atoms with Crippen molar-refractivity contribution in [1.82, 2.24) is 9.62 Å². The summed E-state index contributed by atoms with van der Waals surface area (Å²) in [5, 5.41) is 10.0. The van der Waals surface area contributed by atoms with Crippen LogP contribution in [-0.2, 0) is 10.0 Å². The maximum atomic E-state index is 13.7. The molecule has 0 spiro atoms. The van der Waals surface area contributed by atoms with E-state index < -0.39 is 37.8 Å². The first-order chi connectivity index (χ1) is 9.46. The molecule has 0 fully saturated rings. The van der Waals surface area contributed by atoms with Gasteiger partial charge in [-0.2, -0.15) is 0 Å². The molecule has 9 heteroatoms. The molecule has 0 aliphatic heterocycles. The van der Waals surface area contributed by atoms with Gasteiger partial charge in [0.2, 0.25) is 10.0 Å². The first-order valence-electron chi connectivity index (χ1n) is 6.06. The van der Waals surface area contributed by atoms with Crippen LogP contribution in [0, 0.1) is 11.6 Å². The number of rotatable bonds is 6. The standard InChI is InChI=1S/C12H19F2N3O3S/c1-12(18,7-17(2)3)6-16-21(19,20)9-5-4-8(13)11(15)10(9)14/h4-5,16,18H,6-7,15H2,1-3H3. The van der Waals surface area contributed by atoms with Crippen LogP contribution in [0.3, 0.4) is 0 Å². The fourth-order valence-electron chi connectivity index (χ4n) is 1.82. The quantitative estimate of drug-likeness (QED) is 0.647. The van der Waals surface area contributed by atoms with Gasteiger partial charge >= 0.3 is 0 Å². The number of nitrogens with zero attached hydrogens (tertiary/aromatic N) is 1. The molecule has 1 aromatic carbocycles. The molecule has 0 aliphatic rings. The Kier molecular flexibility index (Phi) is 5.26. The zero-order chi connectivity index (χ0) is 16.4. The summed E-state index contributed by atoms with van der Waals surface area (Å²) in [6.07, 6.45) is 0. The van der Waals surface area contributed by atoms with Gasteiger partial charge in [0.15, 0.2) is 5.82 Å². The van der Waals surface area contributed by atoms with Crippen LogP contribution in [0.4, 0.5) is 14.5 Å². The van der Waals surface area contributed by atoms with Crippen molar-refractivity contribution in [1.29, 1.82) is 0 Å². The summed E-state index contributed by atoms with van der Waals surface area (Å²) < 4.78 is 52.9. The number of likely N-dealkylation sites (N-methyl/N-ethyl adjacent to an activating group) is 1. The van der Waals surface area contributed by atoms with Crippen molar-refractivity contribution in [3.05, 3.63) is 23.8 Å². The zero-order valence-corrected chi connectivity index (χ0v) is 12.8. The molecule has 21 heavy (non-hydrogen) atoms. The monoisotopic (exact) mass is 323 g/mol. The van der Waals surface area contributed by atoms with E-state index in [2.05, 4.69) is 4.72 Å². The molecule has 0 bridgehead atoms. The normalized spacial score (nSPS) is 15.2. The Hall–Kier alpha value is -1.29. The van der Waals surface area contributed by atoms with E-state index in [1.807, 2.05) is 0 Å². The van der Waals surface area contributed by atoms with E-state index in [9.17, 15) is 22.3 Å². The maximum absolute atomic E-state index is 13.7. The number of nitrogen functional groups attached to an aromatic ring is 1. The second-order valence-electron chi connectivity index (χ2n) is 5.33. The fraction of sp³-hybridized carbons (Fsp3) is 0.500. The molecule has 0 saturated carbocycles. The Balaban J connectivity index is 2.96. The number of nitrogens with two attached hydrogens (primary N) is 1. The van der Waals surface area contributed by atoms with Gasteiger partial charge in [-0.05, 0) is 33.2 Å². The van der Waals surface area contributed by atoms with Crippen LogP contribution in [0.1, 0.15) is 6.92 Å². The van der Waals surface area contributed by atoms with Crippen LogP contribution < -0.4 is 10.5 Å². The number of nitrogens with one attached hydrogen (secondary N) is 1. The van der Waals surface area contributed by atoms with Crippen molar-refractivity contribution in [3.63, 3.8) is 0 Å². The molecule has 1 unspecified atom stereocenters. The molecule has 0 aromatic heterocycles. The Morgan fingerprint density at radius 3 is 2.48 bits per heavy atom. The lowest BCUT2D eigenvalue weighted by Gasteiger charge is -2.27. The van der Waals surface area contributed by atoms with E-state index in [-0.39, 0.29) is 13.1 Å². The van der Waals surface area contributed by atoms with Crippen LogP contribution in [0.2, 0.25) is 0 Å². The van der Waals surface area contributed by atoms with Crippen LogP contribution in [0.5, 0.6) is 0 Å². The van der Waals surface area contributed by atoms with Crippen molar-refractivity contribution < 1.29 is 22.3 Å². The third-order valence-electron chi connectivity index (χ3n) is 2.68. The number of halogens is 2. The van der Waals surface area contributed by atoms with Crippen molar-refractivity contribution in [2.24, 2.45) is 0 Å². The van der Waals surface area contributed by atoms with Crippen LogP contribution in [0.15, 0.2) is 17.0 Å². The number of aliphatic hydroxyl groups is 1. The number of hydrogen-bond acceptors (Lipinski definition) is 5. The average Bonchev–Trinajstić information content (AvgIpc) is 2.32. The molecule has 1 atom stereocenters. The molecule has 6 nitrogen and oxygen atoms in total. The summed E-state index contributed by atoms with van der Waals surface area (Å²) in [5.41, 5.74) is 2.92. The van der Waals surface area contributed by atoms with Gasteiger partial charge < -0.3 is 15.7 Å². The van der Waals surface area contributed by atoms with E-state index in [1.54, 1.807) is 19.0 Å². The zero-order valence-electron chi connectivity index (χ0n) is 12.0. The predicted octanol–water partition coefficient (Wildman–Crippen LogP) is 0.138. The Morgan fingerprint density at radius 2 is 1.95 bits per heavy atom. The van der Waals surface area contributed by atoms with Crippen molar-refractivity contribution in [2.75, 3.05) is 32.9 Å². The van der Waals surface area contributed by atoms with Gasteiger partial charge in [-0.1, -0.05) is 0 Å². The molecular weight excluding hydrogens is 304 g/mol. The van der Waals surface area contributed by atoms with Crippen molar-refractivity contribution in [3.8, 4) is 0 Å². The highest BCUT2D eigenvalue weighted by atomic mass is 32.2. The maximum Gasteiger partial charge on any atom is 0.243 e. The summed E-state index contributed by atoms with van der Waals surface area (Å²) in [5.74, 6) is -2.39. The lowest BCUT2D eigenvalue weighted by Crippen LogP contribution is -2.47. The second-order valence-corrected chi connectivity index (χ2v) is 7.07. The molecule has 0 heterocycles. The van der Waals surface area contributed by atoms with Crippen LogP contribution in [-0.4, -0.2) is 51.2 Å². The van der Waals surface area contributed by atoms with Crippen molar-refractivity contribution in [2.45, 2.75) is 17.4 Å². The van der Waals surface area contributed by atoms with E-state index in [0.717, 1.165) is 12.1 Å². The van der Waals surface area contributed by atoms with Gasteiger partial charge in [-0.15, -0.1) is 0 Å². The highest BCUT2D eigenvalue weighted by molar-refractivity contribution is 7.89. The van der Waals surface area contributed by atoms with E-state index in [1.165, 1.54) is 6.92 Å². The molecule has 0 radical (unpaired) electrons. The minimum atomic E-state index is -4.25. The Morgan fingerprint density at radius 1 is 1.38 bits per heavy atom. The van der Waals surface area contributed by atoms with Gasteiger partial charge in [-0.25, -0.2) is 21.9 Å². The highest BCUT2D eigenvalue weighted by Gasteiger charge is 2.27. The first kappa shape index (κ1) is 17.8. The Bertz CT molecular complexity index is 618. The summed E-state index contributed by atoms with van der Waals surface area (Å²) in [7, 11) is -0.826. The smallest absolute Gasteiger partial charge is 0.243 e. The average molecular weight is 323 g/mol. The first-order valence-corrected chi connectivity index (χ1v) is 7.55. The predicted molar refractivity (Wildman–Crippen MR) is 75.1 cm³/mol. The molecule has 0 aliphatic carbocycles. The third-order valence-corrected chi connectivity index (χ3v) is 4.10. The lowest BCUT2D eigenvalue weighted by molar-refractivity contribution is 0.0386. The van der Waals surface area contributed by atoms with Crippen molar-refractivity contribution >= 4 is 15.7 Å². The fourth-order valence-corrected chi connectivity index (χ4v) is 3.07. The summed E-state index contributed by atoms with van der Waals surface area (Å²) in [6, 6.07) is 1.55. The third kappa shape index (κ3) is 4.60. The molecule has 0 amide bonds. The van der Waals surface area contributed by atoms with Crippen LogP contribution in [0.25, 0.3) is 0 Å². The lowest BCUT2D eigenvalue weighted by atomic mass is 10.1. The van der Waals surface area contributed by atoms with Gasteiger partial charge in [0.25, 0.3) is 0 Å². The molecular formula is C12H19F2N3O3S. The second kappa shape index (κ2) is 6.22. The summed E-state index contributed by atoms with van der Waals surface area (Å²) in [6.45, 7) is 1.30. The molecule has 1 rings (SSSR count). The van der Waals surface area contributed by atoms with Gasteiger partial charge in [0, 0.05) is 13.1 Å². The Labute approximate surface area is 122 Å². The number of hydrogen-bond donors (Lipinski definition) is 3. The van der Waals surface area contributed by atoms with E-state index in [0.29, 0.717) is 0 Å². The van der Waals surface area contributed by atoms with Gasteiger partial charge in [0.05, 0.1) is 5.60 Å². The van der Waals surface area contributed by atoms with E-state index >= 15 is 0 Å². The topological polar surface area (TPSA) is 95.7 Å². The van der Waals surface area contributed by atoms with Gasteiger partial charge in [0.1, 0.15) is 16.4 Å². The SMILES string of the molecule is CN(C)CC(C)(O)CNS(=O)(=O)c1ccc(F)c(N)c1F. The molecule has 1 aromatic rings. The van der Waals surface area contributed by atoms with Gasteiger partial charge in [-0.3, -0.25) is 0 Å². The molecule has 0 saturated heterocycles. The minimum absolute atomic E-state index is 0.198. The number of sulfonamides is 1. The van der Waals surface area contributed by atoms with Crippen LogP contribution >= 0.6 is 0 Å². The molecule has 4 N–H and O–H groups in total. The summed E-state index contributed by atoms with van der Waals surface area (Å²) >= 11 is 0. The summed E-state index contributed by atoms with van der Waals surface area (Å²) in [4.78, 5) is 0.909. The number of anilines is 1. The largest absolute Gasteiger partial charge is 0.394 e. The van der Waals surface area contributed by atoms with E-state index in [4.69, 9.17) is 5.73 Å². The molecule has 120 valence electrons. The minimum Gasteiger partial charge on any atom is -0.394 e. The highest BCUT2D eigenvalue weighted by Crippen LogP contribution is 2.22.